The average Bonchev–Trinajstić information content (AvgIpc) is 2.47. The molecule has 0 aliphatic carbocycles. The Morgan fingerprint density at radius 1 is 1.75 bits per heavy atom. The fraction of sp³-hybridized carbons (Fsp3) is 0.222. The first-order valence-electron chi connectivity index (χ1n) is 3.76. The van der Waals surface area contributed by atoms with Crippen LogP contribution in [0.15, 0.2) is 24.4 Å². The maximum atomic E-state index is 10.4. The van der Waals surface area contributed by atoms with Crippen molar-refractivity contribution in [2.24, 2.45) is 0 Å². The first-order valence-corrected chi connectivity index (χ1v) is 4.14. The molecule has 64 valence electrons. The highest BCUT2D eigenvalue weighted by atomic mass is 35.5. The molecule has 2 nitrogen and oxygen atoms in total. The third-order valence-corrected chi connectivity index (χ3v) is 1.72. The highest BCUT2D eigenvalue weighted by Gasteiger charge is 1.93. The number of hydrogen-bond donors (Lipinski definition) is 0. The van der Waals surface area contributed by atoms with E-state index in [0.29, 0.717) is 0 Å². The van der Waals surface area contributed by atoms with Gasteiger partial charge < -0.3 is 4.57 Å². The zero-order valence-corrected chi connectivity index (χ0v) is 7.58. The Hall–Kier alpha value is -1.02. The highest BCUT2D eigenvalue weighted by Crippen LogP contribution is 2.04. The van der Waals surface area contributed by atoms with Gasteiger partial charge in [-0.15, -0.1) is 0 Å². The van der Waals surface area contributed by atoms with E-state index >= 15 is 0 Å². The van der Waals surface area contributed by atoms with Crippen LogP contribution in [0.5, 0.6) is 0 Å². The lowest BCUT2D eigenvalue weighted by Crippen LogP contribution is -1.93. The minimum atomic E-state index is -0.446. The largest absolute Gasteiger partial charge is 0.348 e. The maximum absolute atomic E-state index is 10.4. The van der Waals surface area contributed by atoms with E-state index < -0.39 is 5.24 Å². The molecule has 0 fully saturated rings. The van der Waals surface area contributed by atoms with Crippen LogP contribution in [0.4, 0.5) is 0 Å². The first-order chi connectivity index (χ1) is 5.74. The minimum absolute atomic E-state index is 0.446. The van der Waals surface area contributed by atoms with Crippen LogP contribution in [-0.4, -0.2) is 9.81 Å². The summed E-state index contributed by atoms with van der Waals surface area (Å²) in [6, 6.07) is 3.86. The third-order valence-electron chi connectivity index (χ3n) is 1.59. The van der Waals surface area contributed by atoms with E-state index in [-0.39, 0.29) is 0 Å². The van der Waals surface area contributed by atoms with E-state index in [0.717, 1.165) is 12.2 Å². The topological polar surface area (TPSA) is 22.0 Å². The first kappa shape index (κ1) is 9.07. The van der Waals surface area contributed by atoms with Crippen molar-refractivity contribution in [1.29, 1.82) is 0 Å². The molecule has 3 heteroatoms. The van der Waals surface area contributed by atoms with Crippen molar-refractivity contribution in [3.63, 3.8) is 0 Å². The molecule has 1 heterocycles. The van der Waals surface area contributed by atoms with Crippen molar-refractivity contribution in [1.82, 2.24) is 4.57 Å². The van der Waals surface area contributed by atoms with Gasteiger partial charge in [-0.2, -0.15) is 0 Å². The molecule has 1 aromatic heterocycles. The Labute approximate surface area is 76.5 Å². The molecule has 0 spiro atoms. The van der Waals surface area contributed by atoms with Gasteiger partial charge in [-0.3, -0.25) is 4.79 Å². The second-order valence-corrected chi connectivity index (χ2v) is 2.73. The second kappa shape index (κ2) is 4.12. The second-order valence-electron chi connectivity index (χ2n) is 2.36. The van der Waals surface area contributed by atoms with Crippen LogP contribution in [0.1, 0.15) is 12.6 Å². The van der Waals surface area contributed by atoms with Gasteiger partial charge in [0.25, 0.3) is 0 Å². The number of rotatable bonds is 3. The summed E-state index contributed by atoms with van der Waals surface area (Å²) in [6.45, 7) is 2.93. The Morgan fingerprint density at radius 3 is 3.08 bits per heavy atom. The summed E-state index contributed by atoms with van der Waals surface area (Å²) >= 11 is 5.16. The molecule has 0 aliphatic heterocycles. The molecule has 0 amide bonds. The zero-order chi connectivity index (χ0) is 8.97. The van der Waals surface area contributed by atoms with Crippen LogP contribution < -0.4 is 0 Å². The average molecular weight is 184 g/mol. The zero-order valence-electron chi connectivity index (χ0n) is 6.83. The summed E-state index contributed by atoms with van der Waals surface area (Å²) in [5, 5.41) is -0.446. The minimum Gasteiger partial charge on any atom is -0.348 e. The predicted molar refractivity (Wildman–Crippen MR) is 50.0 cm³/mol. The van der Waals surface area contributed by atoms with Crippen LogP contribution in [-0.2, 0) is 11.3 Å². The van der Waals surface area contributed by atoms with E-state index in [2.05, 4.69) is 0 Å². The van der Waals surface area contributed by atoms with Crippen molar-refractivity contribution in [2.75, 3.05) is 0 Å². The molecule has 12 heavy (non-hydrogen) atoms. The number of aryl methyl sites for hydroxylation is 1. The van der Waals surface area contributed by atoms with Gasteiger partial charge >= 0.3 is 0 Å². The van der Waals surface area contributed by atoms with Gasteiger partial charge in [-0.05, 0) is 42.8 Å². The summed E-state index contributed by atoms with van der Waals surface area (Å²) in [6.07, 6.45) is 5.01. The van der Waals surface area contributed by atoms with Gasteiger partial charge in [-0.25, -0.2) is 0 Å². The van der Waals surface area contributed by atoms with Gasteiger partial charge in [0.2, 0.25) is 5.24 Å². The van der Waals surface area contributed by atoms with Crippen LogP contribution in [0, 0.1) is 0 Å². The van der Waals surface area contributed by atoms with Gasteiger partial charge in [0, 0.05) is 18.4 Å². The molecule has 0 aromatic carbocycles. The quantitative estimate of drug-likeness (QED) is 0.521. The summed E-state index contributed by atoms with van der Waals surface area (Å²) in [5.41, 5.74) is 0.992. The molecule has 1 aromatic rings. The molecule has 0 atom stereocenters. The highest BCUT2D eigenvalue weighted by molar-refractivity contribution is 6.66. The van der Waals surface area contributed by atoms with Crippen molar-refractivity contribution in [3.8, 4) is 0 Å². The molecule has 0 N–H and O–H groups in total. The van der Waals surface area contributed by atoms with Crippen LogP contribution in [0.25, 0.3) is 6.08 Å². The summed E-state index contributed by atoms with van der Waals surface area (Å²) < 4.78 is 2.02. The number of allylic oxidation sites excluding steroid dienone is 1. The molecule has 0 unspecified atom stereocenters. The van der Waals surface area contributed by atoms with E-state index in [4.69, 9.17) is 11.6 Å². The van der Waals surface area contributed by atoms with Gasteiger partial charge in [0.15, 0.2) is 0 Å². The lowest BCUT2D eigenvalue weighted by Gasteiger charge is -1.99. The van der Waals surface area contributed by atoms with E-state index in [1.807, 2.05) is 29.8 Å². The number of nitrogens with zero attached hydrogens (tertiary/aromatic N) is 1. The summed E-state index contributed by atoms with van der Waals surface area (Å²) in [5.74, 6) is 0. The number of hydrogen-bond acceptors (Lipinski definition) is 1. The standard InChI is InChI=1S/C9H10ClNO/c1-2-11-7-3-4-8(11)5-6-9(10)12/h3-7H,2H2,1H3/b6-5+. The van der Waals surface area contributed by atoms with E-state index in [9.17, 15) is 4.79 Å². The molecule has 1 rings (SSSR count). The van der Waals surface area contributed by atoms with Crippen molar-refractivity contribution in [2.45, 2.75) is 13.5 Å². The van der Waals surface area contributed by atoms with Crippen molar-refractivity contribution < 1.29 is 4.79 Å². The Balaban J connectivity index is 2.81. The molecule has 0 bridgehead atoms. The monoisotopic (exact) mass is 183 g/mol. The Bertz CT molecular complexity index is 301. The number of halogens is 1. The molecular weight excluding hydrogens is 174 g/mol. The number of aromatic nitrogens is 1. The third kappa shape index (κ3) is 2.24. The smallest absolute Gasteiger partial charge is 0.245 e. The maximum Gasteiger partial charge on any atom is 0.245 e. The van der Waals surface area contributed by atoms with E-state index in [1.165, 1.54) is 6.08 Å². The van der Waals surface area contributed by atoms with E-state index in [1.54, 1.807) is 6.08 Å². The van der Waals surface area contributed by atoms with Gasteiger partial charge in [-0.1, -0.05) is 0 Å². The number of carbonyl (C=O) groups is 1. The molecule has 0 aliphatic rings. The van der Waals surface area contributed by atoms with Crippen LogP contribution >= 0.6 is 11.6 Å². The Morgan fingerprint density at radius 2 is 2.50 bits per heavy atom. The van der Waals surface area contributed by atoms with Gasteiger partial charge in [0.1, 0.15) is 0 Å². The SMILES string of the molecule is CCn1cccc1/C=C/C(=O)Cl. The fourth-order valence-corrected chi connectivity index (χ4v) is 1.08. The summed E-state index contributed by atoms with van der Waals surface area (Å²) in [7, 11) is 0. The Kier molecular flexibility index (Phi) is 3.11. The molecule has 0 saturated carbocycles. The van der Waals surface area contributed by atoms with Gasteiger partial charge in [0.05, 0.1) is 0 Å². The lowest BCUT2D eigenvalue weighted by atomic mass is 10.4. The lowest BCUT2D eigenvalue weighted by molar-refractivity contribution is -0.107. The normalized spacial score (nSPS) is 10.8. The fourth-order valence-electron chi connectivity index (χ4n) is 1.02. The van der Waals surface area contributed by atoms with Crippen molar-refractivity contribution in [3.05, 3.63) is 30.1 Å². The predicted octanol–water partition coefficient (Wildman–Crippen LogP) is 2.29. The molecule has 0 radical (unpaired) electrons. The van der Waals surface area contributed by atoms with Crippen LogP contribution in [0.3, 0.4) is 0 Å². The van der Waals surface area contributed by atoms with Crippen LogP contribution in [0.2, 0.25) is 0 Å². The molecule has 0 saturated heterocycles. The number of carbonyl (C=O) groups excluding carboxylic acids is 1. The summed E-state index contributed by atoms with van der Waals surface area (Å²) in [4.78, 5) is 10.4. The van der Waals surface area contributed by atoms with Crippen molar-refractivity contribution >= 4 is 22.9 Å². The molecular formula is C9H10ClNO.